The van der Waals surface area contributed by atoms with Crippen LogP contribution in [-0.2, 0) is 28.6 Å². The standard InChI is InChI=1S/C68H118O6/c1-4-7-10-13-16-19-22-25-28-31-32-33-34-35-36-38-40-43-46-49-52-55-58-61-67(70)73-64-65(63-72-66(69)60-57-54-51-48-45-42-39-30-27-24-21-18-15-12-9-6-3)74-68(71)62-59-56-53-50-47-44-41-37-29-26-23-20-17-14-11-8-5-2/h8,11,17,20-21,24,26,29-30,39,41,44,50,53,65H,4-7,9-10,12-16,18-19,22-23,25,27-28,31-38,40,42-43,45-49,51-52,54-64H2,1-3H3/b11-8-,20-17-,24-21-,29-26-,39-30-,44-41-,53-50-. The molecule has 0 bridgehead atoms. The highest BCUT2D eigenvalue weighted by Gasteiger charge is 2.19. The third-order valence-electron chi connectivity index (χ3n) is 13.6. The highest BCUT2D eigenvalue weighted by Crippen LogP contribution is 2.17. The van der Waals surface area contributed by atoms with Crippen molar-refractivity contribution in [1.29, 1.82) is 0 Å². The summed E-state index contributed by atoms with van der Waals surface area (Å²) in [7, 11) is 0. The average Bonchev–Trinajstić information content (AvgIpc) is 3.40. The lowest BCUT2D eigenvalue weighted by molar-refractivity contribution is -0.167. The van der Waals surface area contributed by atoms with Crippen LogP contribution in [0.2, 0.25) is 0 Å². The van der Waals surface area contributed by atoms with Gasteiger partial charge in [-0.15, -0.1) is 0 Å². The fourth-order valence-electron chi connectivity index (χ4n) is 8.92. The summed E-state index contributed by atoms with van der Waals surface area (Å²) in [5, 5.41) is 0. The summed E-state index contributed by atoms with van der Waals surface area (Å²) >= 11 is 0. The second-order valence-corrected chi connectivity index (χ2v) is 20.9. The largest absolute Gasteiger partial charge is 0.462 e. The van der Waals surface area contributed by atoms with E-state index in [4.69, 9.17) is 14.2 Å². The number of carbonyl (C=O) groups excluding carboxylic acids is 3. The van der Waals surface area contributed by atoms with Crippen LogP contribution in [0.3, 0.4) is 0 Å². The van der Waals surface area contributed by atoms with E-state index in [1.54, 1.807) is 0 Å². The summed E-state index contributed by atoms with van der Waals surface area (Å²) in [6.45, 7) is 6.49. The first-order valence-electron chi connectivity index (χ1n) is 31.6. The van der Waals surface area contributed by atoms with Gasteiger partial charge < -0.3 is 14.2 Å². The van der Waals surface area contributed by atoms with E-state index in [1.165, 1.54) is 161 Å². The molecule has 426 valence electrons. The van der Waals surface area contributed by atoms with Gasteiger partial charge in [0.05, 0.1) is 0 Å². The summed E-state index contributed by atoms with van der Waals surface area (Å²) < 4.78 is 16.9. The fraction of sp³-hybridized carbons (Fsp3) is 0.750. The number of ether oxygens (including phenoxy) is 3. The van der Waals surface area contributed by atoms with Gasteiger partial charge in [-0.05, 0) is 89.9 Å². The van der Waals surface area contributed by atoms with Gasteiger partial charge in [0.15, 0.2) is 6.10 Å². The molecule has 6 nitrogen and oxygen atoms in total. The summed E-state index contributed by atoms with van der Waals surface area (Å²) in [5.74, 6) is -0.963. The lowest BCUT2D eigenvalue weighted by atomic mass is 10.0. The summed E-state index contributed by atoms with van der Waals surface area (Å²) in [4.78, 5) is 38.3. The van der Waals surface area contributed by atoms with Crippen LogP contribution in [0, 0.1) is 0 Å². The Morgan fingerprint density at radius 1 is 0.284 bits per heavy atom. The van der Waals surface area contributed by atoms with E-state index in [0.717, 1.165) is 103 Å². The first-order valence-corrected chi connectivity index (χ1v) is 31.6. The Labute approximate surface area is 458 Å². The topological polar surface area (TPSA) is 78.9 Å². The van der Waals surface area contributed by atoms with Crippen molar-refractivity contribution >= 4 is 17.9 Å². The van der Waals surface area contributed by atoms with E-state index in [9.17, 15) is 14.4 Å². The second kappa shape index (κ2) is 62.1. The monoisotopic (exact) mass is 1030 g/mol. The van der Waals surface area contributed by atoms with Gasteiger partial charge in [0.1, 0.15) is 13.2 Å². The number of rotatable bonds is 57. The molecular weight excluding hydrogens is 913 g/mol. The molecule has 0 radical (unpaired) electrons. The number of carbonyl (C=O) groups is 3. The molecule has 0 aliphatic rings. The van der Waals surface area contributed by atoms with Gasteiger partial charge in [-0.25, -0.2) is 0 Å². The second-order valence-electron chi connectivity index (χ2n) is 20.9. The van der Waals surface area contributed by atoms with Crippen LogP contribution >= 0.6 is 0 Å². The molecule has 0 fully saturated rings. The molecule has 0 aliphatic carbocycles. The minimum Gasteiger partial charge on any atom is -0.462 e. The van der Waals surface area contributed by atoms with Crippen molar-refractivity contribution in [1.82, 2.24) is 0 Å². The van der Waals surface area contributed by atoms with Crippen molar-refractivity contribution in [3.05, 3.63) is 85.1 Å². The van der Waals surface area contributed by atoms with Crippen LogP contribution in [-0.4, -0.2) is 37.2 Å². The van der Waals surface area contributed by atoms with Gasteiger partial charge in [0, 0.05) is 19.3 Å². The zero-order valence-corrected chi connectivity index (χ0v) is 48.8. The number of unbranched alkanes of at least 4 members (excludes halogenated alkanes) is 32. The van der Waals surface area contributed by atoms with Crippen LogP contribution in [0.1, 0.15) is 310 Å². The molecule has 0 spiro atoms. The van der Waals surface area contributed by atoms with E-state index in [0.29, 0.717) is 19.3 Å². The number of hydrogen-bond acceptors (Lipinski definition) is 6. The predicted octanol–water partition coefficient (Wildman–Crippen LogP) is 21.5. The highest BCUT2D eigenvalue weighted by atomic mass is 16.6. The molecule has 0 heterocycles. The molecule has 0 N–H and O–H groups in total. The smallest absolute Gasteiger partial charge is 0.306 e. The third kappa shape index (κ3) is 59.5. The molecule has 0 saturated heterocycles. The van der Waals surface area contributed by atoms with E-state index in [-0.39, 0.29) is 37.5 Å². The number of allylic oxidation sites excluding steroid dienone is 14. The molecule has 0 aromatic carbocycles. The van der Waals surface area contributed by atoms with E-state index >= 15 is 0 Å². The van der Waals surface area contributed by atoms with Gasteiger partial charge >= 0.3 is 17.9 Å². The van der Waals surface area contributed by atoms with Gasteiger partial charge in [0.25, 0.3) is 0 Å². The van der Waals surface area contributed by atoms with Crippen molar-refractivity contribution in [2.24, 2.45) is 0 Å². The molecular formula is C68H118O6. The van der Waals surface area contributed by atoms with Crippen LogP contribution in [0.5, 0.6) is 0 Å². The Kier molecular flexibility index (Phi) is 59.3. The molecule has 0 aromatic heterocycles. The van der Waals surface area contributed by atoms with Gasteiger partial charge in [0.2, 0.25) is 0 Å². The summed E-state index contributed by atoms with van der Waals surface area (Å²) in [5.41, 5.74) is 0. The van der Waals surface area contributed by atoms with Crippen LogP contribution in [0.15, 0.2) is 85.1 Å². The zero-order valence-electron chi connectivity index (χ0n) is 48.8. The average molecular weight is 1030 g/mol. The predicted molar refractivity (Wildman–Crippen MR) is 321 cm³/mol. The van der Waals surface area contributed by atoms with Crippen molar-refractivity contribution in [2.45, 2.75) is 316 Å². The Balaban J connectivity index is 4.40. The van der Waals surface area contributed by atoms with Crippen molar-refractivity contribution in [3.8, 4) is 0 Å². The summed E-state index contributed by atoms with van der Waals surface area (Å²) in [6.07, 6.45) is 81.7. The maximum absolute atomic E-state index is 12.9. The Morgan fingerprint density at radius 2 is 0.541 bits per heavy atom. The lowest BCUT2D eigenvalue weighted by Crippen LogP contribution is -2.30. The van der Waals surface area contributed by atoms with Gasteiger partial charge in [-0.1, -0.05) is 286 Å². The SMILES string of the molecule is CC/C=C\C/C=C\C/C=C\C/C=C\C/C=C\CCCC(=O)OC(COC(=O)CCCCCCC/C=C\C/C=C\CCCCCC)COC(=O)CCCCCCCCCCCCCCCCCCCCCCCCC. The molecule has 0 rings (SSSR count). The first-order chi connectivity index (χ1) is 36.5. The number of hydrogen-bond donors (Lipinski definition) is 0. The maximum atomic E-state index is 12.9. The minimum absolute atomic E-state index is 0.101. The quantitative estimate of drug-likeness (QED) is 0.0261. The molecule has 0 amide bonds. The molecule has 1 atom stereocenters. The van der Waals surface area contributed by atoms with Crippen LogP contribution in [0.4, 0.5) is 0 Å². The van der Waals surface area contributed by atoms with Gasteiger partial charge in [-0.3, -0.25) is 14.4 Å². The fourth-order valence-corrected chi connectivity index (χ4v) is 8.92. The Morgan fingerprint density at radius 3 is 0.878 bits per heavy atom. The Hall–Kier alpha value is -3.41. The minimum atomic E-state index is -0.812. The molecule has 0 aromatic rings. The van der Waals surface area contributed by atoms with Gasteiger partial charge in [-0.2, -0.15) is 0 Å². The molecule has 6 heteroatoms. The van der Waals surface area contributed by atoms with Crippen molar-refractivity contribution in [3.63, 3.8) is 0 Å². The molecule has 0 aliphatic heterocycles. The normalized spacial score (nSPS) is 12.6. The van der Waals surface area contributed by atoms with E-state index < -0.39 is 6.10 Å². The molecule has 74 heavy (non-hydrogen) atoms. The summed E-state index contributed by atoms with van der Waals surface area (Å²) in [6, 6.07) is 0. The molecule has 0 saturated carbocycles. The third-order valence-corrected chi connectivity index (χ3v) is 13.6. The Bertz CT molecular complexity index is 1420. The van der Waals surface area contributed by atoms with E-state index in [2.05, 4.69) is 106 Å². The van der Waals surface area contributed by atoms with Crippen molar-refractivity contribution < 1.29 is 28.6 Å². The maximum Gasteiger partial charge on any atom is 0.306 e. The van der Waals surface area contributed by atoms with Crippen LogP contribution in [0.25, 0.3) is 0 Å². The first kappa shape index (κ1) is 70.6. The number of esters is 3. The van der Waals surface area contributed by atoms with Crippen molar-refractivity contribution in [2.75, 3.05) is 13.2 Å². The zero-order chi connectivity index (χ0) is 53.6. The van der Waals surface area contributed by atoms with Crippen LogP contribution < -0.4 is 0 Å². The van der Waals surface area contributed by atoms with E-state index in [1.807, 2.05) is 0 Å². The lowest BCUT2D eigenvalue weighted by Gasteiger charge is -2.18. The highest BCUT2D eigenvalue weighted by molar-refractivity contribution is 5.71. The molecule has 1 unspecified atom stereocenters.